The Kier molecular flexibility index (Phi) is 6.18. The molecule has 1 aromatic carbocycles. The Morgan fingerprint density at radius 3 is 2.78 bits per heavy atom. The number of hydrogen-bond donors (Lipinski definition) is 2. The van der Waals surface area contributed by atoms with Gasteiger partial charge in [0.1, 0.15) is 12.4 Å². The molecular formula is C13H20N2O3. The van der Waals surface area contributed by atoms with Gasteiger partial charge in [0.15, 0.2) is 0 Å². The first-order chi connectivity index (χ1) is 8.65. The fraction of sp³-hybridized carbons (Fsp3) is 0.462. The summed E-state index contributed by atoms with van der Waals surface area (Å²) >= 11 is 0. The Labute approximate surface area is 107 Å². The van der Waals surface area contributed by atoms with Crippen molar-refractivity contribution in [2.24, 2.45) is 0 Å². The zero-order chi connectivity index (χ0) is 13.4. The summed E-state index contributed by atoms with van der Waals surface area (Å²) in [6.07, 6.45) is 0. The van der Waals surface area contributed by atoms with E-state index >= 15 is 0 Å². The van der Waals surface area contributed by atoms with Gasteiger partial charge in [-0.15, -0.1) is 0 Å². The molecule has 0 bridgehead atoms. The number of benzene rings is 1. The van der Waals surface area contributed by atoms with Crippen LogP contribution in [0.4, 0.5) is 0 Å². The maximum atomic E-state index is 11.8. The molecule has 0 heterocycles. The molecule has 0 fully saturated rings. The molecule has 0 aliphatic carbocycles. The lowest BCUT2D eigenvalue weighted by Gasteiger charge is -2.13. The number of rotatable bonds is 7. The number of nitrogens with one attached hydrogen (secondary N) is 1. The normalized spacial score (nSPS) is 10.4. The second-order valence-electron chi connectivity index (χ2n) is 4.13. The largest absolute Gasteiger partial charge is 0.491 e. The smallest absolute Gasteiger partial charge is 0.255 e. The molecule has 5 nitrogen and oxygen atoms in total. The molecule has 100 valence electrons. The van der Waals surface area contributed by atoms with Crippen LogP contribution in [0.25, 0.3) is 0 Å². The highest BCUT2D eigenvalue weighted by Gasteiger charge is 2.11. The van der Waals surface area contributed by atoms with Gasteiger partial charge in [-0.2, -0.15) is 0 Å². The molecule has 0 aromatic heterocycles. The zero-order valence-corrected chi connectivity index (χ0v) is 10.8. The highest BCUT2D eigenvalue weighted by atomic mass is 16.5. The number of hydrogen-bond acceptors (Lipinski definition) is 4. The summed E-state index contributed by atoms with van der Waals surface area (Å²) in [5.74, 6) is 0.333. The Hall–Kier alpha value is -1.59. The van der Waals surface area contributed by atoms with E-state index in [1.807, 2.05) is 25.1 Å². The van der Waals surface area contributed by atoms with Crippen molar-refractivity contribution in [3.05, 3.63) is 29.8 Å². The molecule has 5 heteroatoms. The number of amides is 1. The topological polar surface area (TPSA) is 61.8 Å². The Morgan fingerprint density at radius 2 is 2.11 bits per heavy atom. The Balaban J connectivity index is 2.64. The summed E-state index contributed by atoms with van der Waals surface area (Å²) in [7, 11) is 3.92. The predicted octanol–water partition coefficient (Wildman–Crippen LogP) is 0.349. The van der Waals surface area contributed by atoms with Gasteiger partial charge in [-0.3, -0.25) is 4.79 Å². The summed E-state index contributed by atoms with van der Waals surface area (Å²) < 4.78 is 5.58. The minimum atomic E-state index is -0.232. The van der Waals surface area contributed by atoms with Crippen LogP contribution in [-0.2, 0) is 0 Å². The molecule has 1 rings (SSSR count). The zero-order valence-electron chi connectivity index (χ0n) is 10.8. The van der Waals surface area contributed by atoms with Gasteiger partial charge in [0.05, 0.1) is 12.2 Å². The lowest BCUT2D eigenvalue weighted by atomic mass is 10.2. The standard InChI is InChI=1S/C13H20N2O3/c1-15(2)8-10-18-12-6-4-3-5-11(12)13(17)14-7-9-16/h3-6,16H,7-10H2,1-2H3,(H,14,17). The number of nitrogens with zero attached hydrogens (tertiary/aromatic N) is 1. The van der Waals surface area contributed by atoms with E-state index in [1.165, 1.54) is 0 Å². The van der Waals surface area contributed by atoms with Crippen LogP contribution in [0.5, 0.6) is 5.75 Å². The van der Waals surface area contributed by atoms with E-state index in [0.717, 1.165) is 6.54 Å². The van der Waals surface area contributed by atoms with Crippen molar-refractivity contribution >= 4 is 5.91 Å². The van der Waals surface area contributed by atoms with E-state index in [9.17, 15) is 4.79 Å². The van der Waals surface area contributed by atoms with E-state index < -0.39 is 0 Å². The van der Waals surface area contributed by atoms with Gasteiger partial charge in [-0.05, 0) is 26.2 Å². The Bertz CT molecular complexity index is 380. The average molecular weight is 252 g/mol. The third kappa shape index (κ3) is 4.73. The van der Waals surface area contributed by atoms with Crippen molar-refractivity contribution in [1.29, 1.82) is 0 Å². The minimum Gasteiger partial charge on any atom is -0.491 e. The van der Waals surface area contributed by atoms with Gasteiger partial charge in [0, 0.05) is 13.1 Å². The van der Waals surface area contributed by atoms with Crippen LogP contribution in [0.3, 0.4) is 0 Å². The predicted molar refractivity (Wildman–Crippen MR) is 69.9 cm³/mol. The molecule has 0 aliphatic heterocycles. The quantitative estimate of drug-likeness (QED) is 0.735. The highest BCUT2D eigenvalue weighted by Crippen LogP contribution is 2.17. The van der Waals surface area contributed by atoms with Crippen molar-refractivity contribution < 1.29 is 14.6 Å². The van der Waals surface area contributed by atoms with Crippen LogP contribution in [0.2, 0.25) is 0 Å². The molecule has 0 spiro atoms. The highest BCUT2D eigenvalue weighted by molar-refractivity contribution is 5.96. The van der Waals surface area contributed by atoms with Crippen LogP contribution in [0.15, 0.2) is 24.3 Å². The second-order valence-corrected chi connectivity index (χ2v) is 4.13. The number of para-hydroxylation sites is 1. The van der Waals surface area contributed by atoms with Gasteiger partial charge < -0.3 is 20.1 Å². The number of carbonyl (C=O) groups excluding carboxylic acids is 1. The van der Waals surface area contributed by atoms with E-state index in [1.54, 1.807) is 18.2 Å². The fourth-order valence-electron chi connectivity index (χ4n) is 1.38. The number of ether oxygens (including phenoxy) is 1. The van der Waals surface area contributed by atoms with Crippen molar-refractivity contribution in [2.75, 3.05) is 40.4 Å². The van der Waals surface area contributed by atoms with E-state index in [0.29, 0.717) is 17.9 Å². The fourth-order valence-corrected chi connectivity index (χ4v) is 1.38. The SMILES string of the molecule is CN(C)CCOc1ccccc1C(=O)NCCO. The third-order valence-electron chi connectivity index (χ3n) is 2.33. The minimum absolute atomic E-state index is 0.0740. The van der Waals surface area contributed by atoms with E-state index in [2.05, 4.69) is 5.32 Å². The molecular weight excluding hydrogens is 232 g/mol. The molecule has 18 heavy (non-hydrogen) atoms. The lowest BCUT2D eigenvalue weighted by Crippen LogP contribution is -2.27. The average Bonchev–Trinajstić information content (AvgIpc) is 2.36. The Morgan fingerprint density at radius 1 is 1.39 bits per heavy atom. The van der Waals surface area contributed by atoms with Crippen LogP contribution < -0.4 is 10.1 Å². The molecule has 0 radical (unpaired) electrons. The summed E-state index contributed by atoms with van der Waals surface area (Å²) in [6.45, 7) is 1.48. The van der Waals surface area contributed by atoms with Gasteiger partial charge in [0.2, 0.25) is 0 Å². The van der Waals surface area contributed by atoms with Crippen LogP contribution in [0, 0.1) is 0 Å². The van der Waals surface area contributed by atoms with E-state index in [4.69, 9.17) is 9.84 Å². The molecule has 1 amide bonds. The molecule has 2 N–H and O–H groups in total. The number of aliphatic hydroxyl groups is 1. The maximum absolute atomic E-state index is 11.8. The van der Waals surface area contributed by atoms with Crippen LogP contribution in [-0.4, -0.2) is 56.3 Å². The van der Waals surface area contributed by atoms with E-state index in [-0.39, 0.29) is 19.1 Å². The molecule has 0 saturated heterocycles. The number of likely N-dealkylation sites (N-methyl/N-ethyl adjacent to an activating group) is 1. The number of aliphatic hydroxyl groups excluding tert-OH is 1. The van der Waals surface area contributed by atoms with Crippen LogP contribution in [0.1, 0.15) is 10.4 Å². The van der Waals surface area contributed by atoms with Crippen molar-refractivity contribution in [2.45, 2.75) is 0 Å². The van der Waals surface area contributed by atoms with Crippen molar-refractivity contribution in [3.8, 4) is 5.75 Å². The lowest BCUT2D eigenvalue weighted by molar-refractivity contribution is 0.0940. The van der Waals surface area contributed by atoms with Gasteiger partial charge in [0.25, 0.3) is 5.91 Å². The van der Waals surface area contributed by atoms with Crippen molar-refractivity contribution in [3.63, 3.8) is 0 Å². The molecule has 0 unspecified atom stereocenters. The first-order valence-corrected chi connectivity index (χ1v) is 5.90. The van der Waals surface area contributed by atoms with Gasteiger partial charge in [-0.25, -0.2) is 0 Å². The van der Waals surface area contributed by atoms with Crippen molar-refractivity contribution in [1.82, 2.24) is 10.2 Å². The first kappa shape index (κ1) is 14.5. The van der Waals surface area contributed by atoms with Crippen LogP contribution >= 0.6 is 0 Å². The summed E-state index contributed by atoms with van der Waals surface area (Å²) in [5.41, 5.74) is 0.490. The van der Waals surface area contributed by atoms with Gasteiger partial charge in [-0.1, -0.05) is 12.1 Å². The first-order valence-electron chi connectivity index (χ1n) is 5.90. The molecule has 0 aliphatic rings. The monoisotopic (exact) mass is 252 g/mol. The van der Waals surface area contributed by atoms with Gasteiger partial charge >= 0.3 is 0 Å². The second kappa shape index (κ2) is 7.68. The molecule has 0 saturated carbocycles. The third-order valence-corrected chi connectivity index (χ3v) is 2.33. The molecule has 1 aromatic rings. The summed E-state index contributed by atoms with van der Waals surface area (Å²) in [4.78, 5) is 13.8. The summed E-state index contributed by atoms with van der Waals surface area (Å²) in [5, 5.41) is 11.3. The maximum Gasteiger partial charge on any atom is 0.255 e. The molecule has 0 atom stereocenters. The summed E-state index contributed by atoms with van der Waals surface area (Å²) in [6, 6.07) is 7.09. The number of carbonyl (C=O) groups is 1.